The number of hydrogen-bond acceptors (Lipinski definition) is 1. The van der Waals surface area contributed by atoms with Crippen molar-refractivity contribution in [3.8, 4) is 0 Å². The topological polar surface area (TPSA) is 3.24 Å². The maximum absolute atomic E-state index is 6.42. The van der Waals surface area contributed by atoms with E-state index in [2.05, 4.69) is 13.8 Å². The van der Waals surface area contributed by atoms with Gasteiger partial charge in [0.1, 0.15) is 0 Å². The molecule has 0 aromatic heterocycles. The Hall–Kier alpha value is -0.240. The molecular formula is C12H17Cl2N. The highest BCUT2D eigenvalue weighted by Crippen LogP contribution is 2.38. The Kier molecular flexibility index (Phi) is 4.45. The van der Waals surface area contributed by atoms with Gasteiger partial charge in [-0.3, -0.25) is 4.90 Å². The fraction of sp³-hybridized carbons (Fsp3) is 0.500. The van der Waals surface area contributed by atoms with Crippen LogP contribution in [-0.4, -0.2) is 18.0 Å². The van der Waals surface area contributed by atoms with Crippen molar-refractivity contribution in [2.24, 2.45) is 0 Å². The predicted molar refractivity (Wildman–Crippen MR) is 67.5 cm³/mol. The third kappa shape index (κ3) is 2.66. The Morgan fingerprint density at radius 1 is 1.13 bits per heavy atom. The fourth-order valence-corrected chi connectivity index (χ4v) is 2.60. The second-order valence-corrected chi connectivity index (χ2v) is 4.82. The lowest BCUT2D eigenvalue weighted by atomic mass is 10.1. The van der Waals surface area contributed by atoms with Crippen LogP contribution in [0, 0.1) is 6.92 Å². The summed E-state index contributed by atoms with van der Waals surface area (Å²) < 4.78 is -0.922. The zero-order valence-electron chi connectivity index (χ0n) is 9.43. The minimum absolute atomic E-state index is 0.831. The Labute approximate surface area is 102 Å². The molecule has 1 nitrogen and oxygen atoms in total. The van der Waals surface area contributed by atoms with Crippen LogP contribution in [0.15, 0.2) is 24.3 Å². The summed E-state index contributed by atoms with van der Waals surface area (Å²) in [6.07, 6.45) is 0. The van der Waals surface area contributed by atoms with Crippen LogP contribution >= 0.6 is 23.2 Å². The average Bonchev–Trinajstić information content (AvgIpc) is 2.19. The fourth-order valence-electron chi connectivity index (χ4n) is 1.70. The molecule has 0 heterocycles. The highest BCUT2D eigenvalue weighted by atomic mass is 35.5. The summed E-state index contributed by atoms with van der Waals surface area (Å²) in [7, 11) is 0. The lowest BCUT2D eigenvalue weighted by Crippen LogP contribution is -2.37. The minimum Gasteiger partial charge on any atom is -0.269 e. The molecule has 0 aliphatic rings. The van der Waals surface area contributed by atoms with E-state index in [1.165, 1.54) is 0 Å². The van der Waals surface area contributed by atoms with Gasteiger partial charge in [-0.2, -0.15) is 0 Å². The van der Waals surface area contributed by atoms with Crippen molar-refractivity contribution >= 4 is 23.2 Å². The van der Waals surface area contributed by atoms with Crippen LogP contribution in [0.4, 0.5) is 0 Å². The van der Waals surface area contributed by atoms with Gasteiger partial charge < -0.3 is 0 Å². The quantitative estimate of drug-likeness (QED) is 0.574. The van der Waals surface area contributed by atoms with E-state index in [0.29, 0.717) is 0 Å². The lowest BCUT2D eigenvalue weighted by molar-refractivity contribution is 0.249. The van der Waals surface area contributed by atoms with Crippen LogP contribution in [0.2, 0.25) is 0 Å². The molecule has 0 spiro atoms. The molecule has 0 aliphatic heterocycles. The number of alkyl halides is 2. The second kappa shape index (κ2) is 5.20. The van der Waals surface area contributed by atoms with Crippen LogP contribution in [0.3, 0.4) is 0 Å². The lowest BCUT2D eigenvalue weighted by Gasteiger charge is -2.33. The smallest absolute Gasteiger partial charge is 0.197 e. The van der Waals surface area contributed by atoms with Crippen molar-refractivity contribution in [1.82, 2.24) is 4.90 Å². The third-order valence-corrected chi connectivity index (χ3v) is 3.52. The molecule has 0 bridgehead atoms. The van der Waals surface area contributed by atoms with Gasteiger partial charge in [0.2, 0.25) is 0 Å². The maximum Gasteiger partial charge on any atom is 0.197 e. The van der Waals surface area contributed by atoms with Gasteiger partial charge in [0.15, 0.2) is 4.46 Å². The van der Waals surface area contributed by atoms with Crippen LogP contribution in [-0.2, 0) is 4.46 Å². The molecule has 15 heavy (non-hydrogen) atoms. The van der Waals surface area contributed by atoms with Gasteiger partial charge in [0, 0.05) is 5.56 Å². The predicted octanol–water partition coefficient (Wildman–Crippen LogP) is 3.92. The summed E-state index contributed by atoms with van der Waals surface area (Å²) in [6.45, 7) is 7.80. The number of halogens is 2. The third-order valence-electron chi connectivity index (χ3n) is 2.63. The number of rotatable bonds is 4. The van der Waals surface area contributed by atoms with Gasteiger partial charge in [-0.05, 0) is 25.6 Å². The van der Waals surface area contributed by atoms with Gasteiger partial charge in [0.25, 0.3) is 0 Å². The van der Waals surface area contributed by atoms with E-state index in [-0.39, 0.29) is 0 Å². The molecule has 84 valence electrons. The molecule has 1 aromatic carbocycles. The molecule has 0 radical (unpaired) electrons. The van der Waals surface area contributed by atoms with E-state index >= 15 is 0 Å². The standard InChI is InChI=1S/C12H17Cl2N/c1-4-15(5-2)12(13,14)11-9-7-6-8-10(11)3/h6-9H,4-5H2,1-3H3. The highest BCUT2D eigenvalue weighted by Gasteiger charge is 2.33. The Morgan fingerprint density at radius 2 is 1.67 bits per heavy atom. The number of aryl methyl sites for hydroxylation is 1. The number of nitrogens with zero attached hydrogens (tertiary/aromatic N) is 1. The first-order valence-electron chi connectivity index (χ1n) is 5.23. The van der Waals surface area contributed by atoms with Gasteiger partial charge in [-0.15, -0.1) is 0 Å². The number of benzene rings is 1. The summed E-state index contributed by atoms with van der Waals surface area (Å²) in [5.41, 5.74) is 2.09. The Balaban J connectivity index is 3.09. The Bertz CT molecular complexity index is 319. The first kappa shape index (κ1) is 12.8. The van der Waals surface area contributed by atoms with E-state index in [9.17, 15) is 0 Å². The van der Waals surface area contributed by atoms with E-state index in [0.717, 1.165) is 24.2 Å². The largest absolute Gasteiger partial charge is 0.269 e. The molecule has 0 fully saturated rings. The Morgan fingerprint density at radius 3 is 2.13 bits per heavy atom. The van der Waals surface area contributed by atoms with Crippen LogP contribution in [0.25, 0.3) is 0 Å². The molecule has 0 saturated heterocycles. The highest BCUT2D eigenvalue weighted by molar-refractivity contribution is 6.47. The second-order valence-electron chi connectivity index (χ2n) is 3.53. The van der Waals surface area contributed by atoms with Gasteiger partial charge in [-0.1, -0.05) is 61.3 Å². The molecule has 0 aliphatic carbocycles. The summed E-state index contributed by atoms with van der Waals surface area (Å²) >= 11 is 12.8. The minimum atomic E-state index is -0.922. The summed E-state index contributed by atoms with van der Waals surface area (Å²) in [5.74, 6) is 0. The van der Waals surface area contributed by atoms with Crippen molar-refractivity contribution in [2.45, 2.75) is 25.2 Å². The average molecular weight is 246 g/mol. The van der Waals surface area contributed by atoms with Crippen LogP contribution in [0.1, 0.15) is 25.0 Å². The first-order chi connectivity index (χ1) is 7.04. The summed E-state index contributed by atoms with van der Waals surface area (Å²) in [6, 6.07) is 7.96. The van der Waals surface area contributed by atoms with E-state index in [1.807, 2.05) is 36.1 Å². The molecule has 0 N–H and O–H groups in total. The first-order valence-corrected chi connectivity index (χ1v) is 5.98. The molecule has 0 amide bonds. The zero-order valence-corrected chi connectivity index (χ0v) is 10.9. The molecule has 0 saturated carbocycles. The van der Waals surface area contributed by atoms with Crippen LogP contribution < -0.4 is 0 Å². The maximum atomic E-state index is 6.42. The van der Waals surface area contributed by atoms with Crippen LogP contribution in [0.5, 0.6) is 0 Å². The van der Waals surface area contributed by atoms with E-state index < -0.39 is 4.46 Å². The van der Waals surface area contributed by atoms with E-state index in [1.54, 1.807) is 0 Å². The molecule has 3 heteroatoms. The molecule has 1 rings (SSSR count). The molecule has 1 aromatic rings. The number of hydrogen-bond donors (Lipinski definition) is 0. The van der Waals surface area contributed by atoms with Gasteiger partial charge in [0.05, 0.1) is 0 Å². The SMILES string of the molecule is CCN(CC)C(Cl)(Cl)c1ccccc1C. The van der Waals surface area contributed by atoms with E-state index in [4.69, 9.17) is 23.2 Å². The van der Waals surface area contributed by atoms with Gasteiger partial charge >= 0.3 is 0 Å². The molecular weight excluding hydrogens is 229 g/mol. The van der Waals surface area contributed by atoms with Crippen molar-refractivity contribution in [2.75, 3.05) is 13.1 Å². The van der Waals surface area contributed by atoms with Crippen molar-refractivity contribution in [3.63, 3.8) is 0 Å². The van der Waals surface area contributed by atoms with Crippen molar-refractivity contribution in [1.29, 1.82) is 0 Å². The normalized spacial score (nSPS) is 12.1. The molecule has 0 unspecified atom stereocenters. The van der Waals surface area contributed by atoms with Crippen molar-refractivity contribution in [3.05, 3.63) is 35.4 Å². The zero-order chi connectivity index (χ0) is 11.5. The summed E-state index contributed by atoms with van der Waals surface area (Å²) in [5, 5.41) is 0. The van der Waals surface area contributed by atoms with Crippen molar-refractivity contribution < 1.29 is 0 Å². The molecule has 0 atom stereocenters. The summed E-state index contributed by atoms with van der Waals surface area (Å²) in [4.78, 5) is 2.03. The van der Waals surface area contributed by atoms with Gasteiger partial charge in [-0.25, -0.2) is 0 Å². The monoisotopic (exact) mass is 245 g/mol.